The highest BCUT2D eigenvalue weighted by Crippen LogP contribution is 2.44. The summed E-state index contributed by atoms with van der Waals surface area (Å²) in [7, 11) is 0.829. The molecule has 1 aromatic carbocycles. The van der Waals surface area contributed by atoms with E-state index in [-0.39, 0.29) is 29.4 Å². The standard InChI is InChI=1S/C21H35NO5Si/c1-20(2,3)28(7,8)27-22-18(14-19(23)24-5)17(15-21(4,25-6)26-22)16-12-10-9-11-13-16/h9-13,17-18H,14-15H2,1-8H3/t17-,18+,21-/m0/s1. The predicted molar refractivity (Wildman–Crippen MR) is 111 cm³/mol. The topological polar surface area (TPSA) is 57.2 Å². The molecule has 0 bridgehead atoms. The molecule has 1 saturated heterocycles. The molecule has 7 heteroatoms. The summed E-state index contributed by atoms with van der Waals surface area (Å²) in [5.41, 5.74) is 1.12. The SMILES string of the molecule is COC(=O)C[C@@H]1[C@H](c2ccccc2)C[C@@](C)(OC)ON1O[Si](C)(C)C(C)(C)C. The highest BCUT2D eigenvalue weighted by atomic mass is 28.4. The summed E-state index contributed by atoms with van der Waals surface area (Å²) >= 11 is 0. The van der Waals surface area contributed by atoms with Crippen LogP contribution in [-0.4, -0.2) is 45.6 Å². The lowest BCUT2D eigenvalue weighted by Crippen LogP contribution is -2.58. The van der Waals surface area contributed by atoms with Crippen molar-refractivity contribution in [1.29, 1.82) is 0 Å². The van der Waals surface area contributed by atoms with Crippen LogP contribution < -0.4 is 0 Å². The van der Waals surface area contributed by atoms with Crippen LogP contribution >= 0.6 is 0 Å². The average Bonchev–Trinajstić information content (AvgIpc) is 2.63. The lowest BCUT2D eigenvalue weighted by molar-refractivity contribution is -0.459. The number of esters is 1. The molecule has 158 valence electrons. The zero-order chi connectivity index (χ0) is 21.2. The van der Waals surface area contributed by atoms with Gasteiger partial charge in [0.25, 0.3) is 0 Å². The summed E-state index contributed by atoms with van der Waals surface area (Å²) in [6, 6.07) is 9.82. The molecule has 28 heavy (non-hydrogen) atoms. The Labute approximate surface area is 170 Å². The maximum atomic E-state index is 12.2. The molecule has 0 radical (unpaired) electrons. The summed E-state index contributed by atoms with van der Waals surface area (Å²) in [5.74, 6) is -1.15. The van der Waals surface area contributed by atoms with Crippen molar-refractivity contribution >= 4 is 14.3 Å². The molecule has 0 spiro atoms. The van der Waals surface area contributed by atoms with E-state index < -0.39 is 14.1 Å². The van der Waals surface area contributed by atoms with Crippen molar-refractivity contribution in [3.05, 3.63) is 35.9 Å². The predicted octanol–water partition coefficient (Wildman–Crippen LogP) is 4.64. The Morgan fingerprint density at radius 2 is 1.86 bits per heavy atom. The van der Waals surface area contributed by atoms with Gasteiger partial charge in [-0.1, -0.05) is 56.3 Å². The highest BCUT2D eigenvalue weighted by Gasteiger charge is 2.50. The minimum Gasteiger partial charge on any atom is -0.469 e. The summed E-state index contributed by atoms with van der Waals surface area (Å²) in [4.78, 5) is 18.4. The molecule has 0 aliphatic carbocycles. The largest absolute Gasteiger partial charge is 0.469 e. The van der Waals surface area contributed by atoms with Crippen LogP contribution in [0.4, 0.5) is 0 Å². The maximum absolute atomic E-state index is 12.2. The van der Waals surface area contributed by atoms with Gasteiger partial charge in [0.15, 0.2) is 5.79 Å². The van der Waals surface area contributed by atoms with E-state index >= 15 is 0 Å². The van der Waals surface area contributed by atoms with Gasteiger partial charge in [0.2, 0.25) is 8.32 Å². The van der Waals surface area contributed by atoms with Crippen molar-refractivity contribution in [3.8, 4) is 0 Å². The highest BCUT2D eigenvalue weighted by molar-refractivity contribution is 6.74. The maximum Gasteiger partial charge on any atom is 0.307 e. The number of hydrogen-bond acceptors (Lipinski definition) is 6. The first-order valence-electron chi connectivity index (χ1n) is 9.77. The van der Waals surface area contributed by atoms with Crippen LogP contribution in [0.3, 0.4) is 0 Å². The lowest BCUT2D eigenvalue weighted by atomic mass is 9.83. The van der Waals surface area contributed by atoms with E-state index in [1.54, 1.807) is 12.3 Å². The van der Waals surface area contributed by atoms with Crippen molar-refractivity contribution < 1.29 is 23.6 Å². The Hall–Kier alpha value is -1.25. The second-order valence-corrected chi connectivity index (χ2v) is 13.8. The van der Waals surface area contributed by atoms with Crippen LogP contribution in [-0.2, 0) is 23.6 Å². The summed E-state index contributed by atoms with van der Waals surface area (Å²) < 4.78 is 17.2. The molecule has 2 rings (SSSR count). The molecule has 0 amide bonds. The molecule has 0 unspecified atom stereocenters. The van der Waals surface area contributed by atoms with Crippen molar-refractivity contribution in [2.45, 2.75) is 76.4 Å². The minimum atomic E-state index is -2.21. The number of hydroxylamine groups is 2. The first-order chi connectivity index (χ1) is 12.9. The van der Waals surface area contributed by atoms with Crippen molar-refractivity contribution in [1.82, 2.24) is 5.23 Å². The van der Waals surface area contributed by atoms with Gasteiger partial charge in [-0.3, -0.25) is 4.79 Å². The summed E-state index contributed by atoms with van der Waals surface area (Å²) in [5, 5.41) is 1.52. The average molecular weight is 410 g/mol. The Morgan fingerprint density at radius 3 is 2.36 bits per heavy atom. The quantitative estimate of drug-likeness (QED) is 0.504. The van der Waals surface area contributed by atoms with Crippen molar-refractivity contribution in [3.63, 3.8) is 0 Å². The van der Waals surface area contributed by atoms with Crippen molar-refractivity contribution in [2.24, 2.45) is 0 Å². The Balaban J connectivity index is 2.46. The van der Waals surface area contributed by atoms with E-state index in [0.717, 1.165) is 5.56 Å². The molecule has 1 fully saturated rings. The van der Waals surface area contributed by atoms with Gasteiger partial charge in [0.05, 0.1) is 19.6 Å². The third-order valence-corrected chi connectivity index (χ3v) is 10.2. The van der Waals surface area contributed by atoms with Crippen LogP contribution in [0.1, 0.15) is 52.0 Å². The van der Waals surface area contributed by atoms with Gasteiger partial charge < -0.3 is 14.0 Å². The Morgan fingerprint density at radius 1 is 1.25 bits per heavy atom. The molecular weight excluding hydrogens is 374 g/mol. The zero-order valence-corrected chi connectivity index (χ0v) is 19.4. The van der Waals surface area contributed by atoms with E-state index in [1.807, 2.05) is 25.1 Å². The molecule has 1 aromatic rings. The van der Waals surface area contributed by atoms with Crippen LogP contribution in [0.5, 0.6) is 0 Å². The Bertz CT molecular complexity index is 661. The molecule has 0 aromatic heterocycles. The lowest BCUT2D eigenvalue weighted by Gasteiger charge is -2.50. The Kier molecular flexibility index (Phi) is 7.10. The van der Waals surface area contributed by atoms with Gasteiger partial charge in [-0.25, -0.2) is 4.84 Å². The molecule has 1 heterocycles. The zero-order valence-electron chi connectivity index (χ0n) is 18.4. The second kappa shape index (κ2) is 8.63. The van der Waals surface area contributed by atoms with Gasteiger partial charge in [-0.15, -0.1) is 0 Å². The number of ether oxygens (including phenoxy) is 2. The van der Waals surface area contributed by atoms with Crippen LogP contribution in [0.2, 0.25) is 18.1 Å². The first-order valence-corrected chi connectivity index (χ1v) is 12.7. The van der Waals surface area contributed by atoms with Crippen LogP contribution in [0.25, 0.3) is 0 Å². The minimum absolute atomic E-state index is 0.0104. The van der Waals surface area contributed by atoms with Gasteiger partial charge in [0, 0.05) is 19.4 Å². The second-order valence-electron chi connectivity index (χ2n) is 9.14. The van der Waals surface area contributed by atoms with E-state index in [0.29, 0.717) is 6.42 Å². The number of hydrogen-bond donors (Lipinski definition) is 0. The fourth-order valence-electron chi connectivity index (χ4n) is 3.06. The third-order valence-electron chi connectivity index (χ3n) is 6.00. The third kappa shape index (κ3) is 5.21. The van der Waals surface area contributed by atoms with E-state index in [9.17, 15) is 4.79 Å². The monoisotopic (exact) mass is 409 g/mol. The number of rotatable bonds is 6. The molecular formula is C21H35NO5Si. The number of carbonyl (C=O) groups is 1. The molecule has 3 atom stereocenters. The van der Waals surface area contributed by atoms with Crippen LogP contribution in [0, 0.1) is 0 Å². The normalized spacial score (nSPS) is 26.9. The van der Waals surface area contributed by atoms with Gasteiger partial charge in [0.1, 0.15) is 0 Å². The smallest absolute Gasteiger partial charge is 0.307 e. The number of carbonyl (C=O) groups excluding carboxylic acids is 1. The van der Waals surface area contributed by atoms with Gasteiger partial charge in [-0.2, -0.15) is 0 Å². The first kappa shape index (κ1) is 23.0. The fraction of sp³-hybridized carbons (Fsp3) is 0.667. The van der Waals surface area contributed by atoms with E-state index in [4.69, 9.17) is 18.8 Å². The van der Waals surface area contributed by atoms with Crippen LogP contribution in [0.15, 0.2) is 30.3 Å². The molecule has 0 saturated carbocycles. The van der Waals surface area contributed by atoms with Crippen molar-refractivity contribution in [2.75, 3.05) is 14.2 Å². The molecule has 6 nitrogen and oxygen atoms in total. The number of benzene rings is 1. The number of nitrogens with zero attached hydrogens (tertiary/aromatic N) is 1. The number of methoxy groups -OCH3 is 2. The summed E-state index contributed by atoms with van der Waals surface area (Å²) in [6.07, 6.45) is 0.775. The molecule has 1 aliphatic heterocycles. The molecule has 0 N–H and O–H groups in total. The van der Waals surface area contributed by atoms with E-state index in [2.05, 4.69) is 46.0 Å². The van der Waals surface area contributed by atoms with Gasteiger partial charge in [-0.05, 0) is 30.6 Å². The summed E-state index contributed by atoms with van der Waals surface area (Å²) in [6.45, 7) is 12.7. The molecule has 1 aliphatic rings. The van der Waals surface area contributed by atoms with Gasteiger partial charge >= 0.3 is 5.97 Å². The van der Waals surface area contributed by atoms with E-state index in [1.165, 1.54) is 7.11 Å². The fourth-order valence-corrected chi connectivity index (χ4v) is 3.95.